The van der Waals surface area contributed by atoms with Gasteiger partial charge in [0.05, 0.1) is 17.2 Å². The number of amides is 2. The minimum Gasteiger partial charge on any atom is -0.317 e. The van der Waals surface area contributed by atoms with Crippen molar-refractivity contribution in [3.05, 3.63) is 64.7 Å². The maximum Gasteiger partial charge on any atom is 0.416 e. The van der Waals surface area contributed by atoms with Gasteiger partial charge in [0.1, 0.15) is 0 Å². The number of benzene rings is 2. The molecule has 2 amide bonds. The zero-order valence-corrected chi connectivity index (χ0v) is 14.7. The number of anilines is 1. The second kappa shape index (κ2) is 7.31. The van der Waals surface area contributed by atoms with E-state index in [9.17, 15) is 18.0 Å². The number of carbonyl (C=O) groups is 1. The Morgan fingerprint density at radius 2 is 1.96 bits per heavy atom. The quantitative estimate of drug-likeness (QED) is 0.812. The van der Waals surface area contributed by atoms with Crippen LogP contribution in [0.15, 0.2) is 42.5 Å². The summed E-state index contributed by atoms with van der Waals surface area (Å²) in [6, 6.07) is 11.7. The van der Waals surface area contributed by atoms with Gasteiger partial charge >= 0.3 is 12.2 Å². The first-order chi connectivity index (χ1) is 12.8. The molecule has 1 aliphatic carbocycles. The zero-order valence-electron chi connectivity index (χ0n) is 14.7. The Morgan fingerprint density at radius 3 is 2.59 bits per heavy atom. The second-order valence-corrected chi connectivity index (χ2v) is 6.59. The normalized spacial score (nSPS) is 13.7. The van der Waals surface area contributed by atoms with E-state index >= 15 is 0 Å². The Hall–Kier alpha value is -3.01. The van der Waals surface area contributed by atoms with Crippen molar-refractivity contribution in [2.24, 2.45) is 0 Å². The molecule has 7 heteroatoms. The summed E-state index contributed by atoms with van der Waals surface area (Å²) in [5.41, 5.74) is 0.986. The second-order valence-electron chi connectivity index (χ2n) is 6.59. The van der Waals surface area contributed by atoms with Crippen LogP contribution in [-0.2, 0) is 12.7 Å². The molecule has 140 valence electrons. The minimum atomic E-state index is -4.47. The highest BCUT2D eigenvalue weighted by Gasteiger charge is 2.37. The van der Waals surface area contributed by atoms with Gasteiger partial charge < -0.3 is 10.2 Å². The van der Waals surface area contributed by atoms with Gasteiger partial charge in [0.2, 0.25) is 0 Å². The van der Waals surface area contributed by atoms with Gasteiger partial charge in [-0.3, -0.25) is 0 Å². The molecular formula is C20H18F3N3O. The third-order valence-corrected chi connectivity index (χ3v) is 4.52. The Balaban J connectivity index is 1.84. The zero-order chi connectivity index (χ0) is 19.6. The largest absolute Gasteiger partial charge is 0.416 e. The average Bonchev–Trinajstić information content (AvgIpc) is 3.46. The number of carbonyl (C=O) groups excluding carboxylic acids is 1. The van der Waals surface area contributed by atoms with Crippen LogP contribution in [0.25, 0.3) is 0 Å². The summed E-state index contributed by atoms with van der Waals surface area (Å²) in [4.78, 5) is 14.2. The summed E-state index contributed by atoms with van der Waals surface area (Å²) in [6.07, 6.45) is -2.95. The summed E-state index contributed by atoms with van der Waals surface area (Å²) in [7, 11) is 0. The van der Waals surface area contributed by atoms with Crippen LogP contribution in [0.4, 0.5) is 23.7 Å². The van der Waals surface area contributed by atoms with E-state index in [1.54, 1.807) is 25.1 Å². The maximum atomic E-state index is 13.3. The van der Waals surface area contributed by atoms with Crippen molar-refractivity contribution in [2.75, 3.05) is 5.32 Å². The maximum absolute atomic E-state index is 13.3. The van der Waals surface area contributed by atoms with Gasteiger partial charge in [0, 0.05) is 18.3 Å². The van der Waals surface area contributed by atoms with E-state index in [-0.39, 0.29) is 18.2 Å². The lowest BCUT2D eigenvalue weighted by molar-refractivity contribution is -0.138. The number of halogens is 3. The van der Waals surface area contributed by atoms with E-state index in [2.05, 4.69) is 5.32 Å². The fraction of sp³-hybridized carbons (Fsp3) is 0.300. The molecule has 2 aromatic rings. The highest BCUT2D eigenvalue weighted by atomic mass is 19.4. The van der Waals surface area contributed by atoms with E-state index in [1.165, 1.54) is 23.1 Å². The van der Waals surface area contributed by atoms with E-state index < -0.39 is 17.8 Å². The summed E-state index contributed by atoms with van der Waals surface area (Å²) in [5.74, 6) is 0. The molecular weight excluding hydrogens is 355 g/mol. The molecule has 0 aromatic heterocycles. The van der Waals surface area contributed by atoms with Crippen molar-refractivity contribution in [1.29, 1.82) is 5.26 Å². The molecule has 1 aliphatic rings. The first-order valence-corrected chi connectivity index (χ1v) is 8.53. The molecule has 1 saturated carbocycles. The number of nitriles is 1. The van der Waals surface area contributed by atoms with Crippen LogP contribution in [0.2, 0.25) is 0 Å². The van der Waals surface area contributed by atoms with Crippen molar-refractivity contribution in [3.63, 3.8) is 0 Å². The van der Waals surface area contributed by atoms with E-state index in [4.69, 9.17) is 5.26 Å². The molecule has 0 aliphatic heterocycles. The monoisotopic (exact) mass is 373 g/mol. The fourth-order valence-corrected chi connectivity index (χ4v) is 2.88. The van der Waals surface area contributed by atoms with Gasteiger partial charge in [0.25, 0.3) is 0 Å². The van der Waals surface area contributed by atoms with Crippen LogP contribution in [0.1, 0.15) is 35.1 Å². The molecule has 4 nitrogen and oxygen atoms in total. The highest BCUT2D eigenvalue weighted by Crippen LogP contribution is 2.35. The molecule has 3 rings (SSSR count). The molecule has 1 N–H and O–H groups in total. The Labute approximate surface area is 155 Å². The van der Waals surface area contributed by atoms with Crippen molar-refractivity contribution in [1.82, 2.24) is 4.90 Å². The molecule has 2 aromatic carbocycles. The van der Waals surface area contributed by atoms with Gasteiger partial charge in [-0.2, -0.15) is 18.4 Å². The number of nitrogens with one attached hydrogen (secondary N) is 1. The summed E-state index contributed by atoms with van der Waals surface area (Å²) in [5, 5.41) is 11.8. The fourth-order valence-electron chi connectivity index (χ4n) is 2.88. The predicted octanol–water partition coefficient (Wildman–Crippen LogP) is 5.08. The Morgan fingerprint density at radius 1 is 1.26 bits per heavy atom. The van der Waals surface area contributed by atoms with Crippen LogP contribution >= 0.6 is 0 Å². The molecule has 0 heterocycles. The van der Waals surface area contributed by atoms with E-state index in [0.29, 0.717) is 11.3 Å². The highest BCUT2D eigenvalue weighted by molar-refractivity contribution is 5.90. The summed E-state index contributed by atoms with van der Waals surface area (Å²) in [6.45, 7) is 1.67. The standard InChI is InChI=1S/C20H18F3N3O/c1-13-6-7-14(11-24)10-18(13)25-19(27)26(16-8-9-16)12-15-4-2-3-5-17(15)20(21,22)23/h2-7,10,16H,8-9,12H2,1H3,(H,25,27). The lowest BCUT2D eigenvalue weighted by Gasteiger charge is -2.25. The molecule has 0 bridgehead atoms. The van der Waals surface area contributed by atoms with Crippen LogP contribution in [0, 0.1) is 18.3 Å². The third-order valence-electron chi connectivity index (χ3n) is 4.52. The Bertz CT molecular complexity index is 898. The van der Waals surface area contributed by atoms with Gasteiger partial charge in [-0.25, -0.2) is 4.79 Å². The van der Waals surface area contributed by atoms with Gasteiger partial charge in [-0.05, 0) is 49.1 Å². The number of alkyl halides is 3. The smallest absolute Gasteiger partial charge is 0.317 e. The van der Waals surface area contributed by atoms with E-state index in [1.807, 2.05) is 6.07 Å². The van der Waals surface area contributed by atoms with Gasteiger partial charge in [0.15, 0.2) is 0 Å². The molecule has 1 fully saturated rings. The van der Waals surface area contributed by atoms with Gasteiger partial charge in [-0.1, -0.05) is 24.3 Å². The van der Waals surface area contributed by atoms with Crippen LogP contribution < -0.4 is 5.32 Å². The third kappa shape index (κ3) is 4.40. The first-order valence-electron chi connectivity index (χ1n) is 8.53. The number of urea groups is 1. The van der Waals surface area contributed by atoms with Crippen molar-refractivity contribution in [2.45, 2.75) is 38.5 Å². The van der Waals surface area contributed by atoms with Crippen molar-refractivity contribution in [3.8, 4) is 6.07 Å². The summed E-state index contributed by atoms with van der Waals surface area (Å²) < 4.78 is 39.8. The molecule has 0 spiro atoms. The van der Waals surface area contributed by atoms with Crippen LogP contribution in [-0.4, -0.2) is 17.0 Å². The molecule has 0 radical (unpaired) electrons. The Kier molecular flexibility index (Phi) is 5.08. The predicted molar refractivity (Wildman–Crippen MR) is 94.9 cm³/mol. The number of nitrogens with zero attached hydrogens (tertiary/aromatic N) is 2. The molecule has 0 unspecified atom stereocenters. The number of aryl methyl sites for hydroxylation is 1. The van der Waals surface area contributed by atoms with Crippen molar-refractivity contribution >= 4 is 11.7 Å². The topological polar surface area (TPSA) is 56.1 Å². The minimum absolute atomic E-state index is 0.0644. The molecule has 27 heavy (non-hydrogen) atoms. The SMILES string of the molecule is Cc1ccc(C#N)cc1NC(=O)N(Cc1ccccc1C(F)(F)F)C1CC1. The number of hydrogen-bond acceptors (Lipinski definition) is 2. The molecule has 0 atom stereocenters. The molecule has 0 saturated heterocycles. The average molecular weight is 373 g/mol. The number of hydrogen-bond donors (Lipinski definition) is 1. The van der Waals surface area contributed by atoms with E-state index in [0.717, 1.165) is 24.5 Å². The van der Waals surface area contributed by atoms with Crippen molar-refractivity contribution < 1.29 is 18.0 Å². The number of rotatable bonds is 4. The summed E-state index contributed by atoms with van der Waals surface area (Å²) >= 11 is 0. The van der Waals surface area contributed by atoms with Crippen LogP contribution in [0.3, 0.4) is 0 Å². The lowest BCUT2D eigenvalue weighted by atomic mass is 10.1. The lowest BCUT2D eigenvalue weighted by Crippen LogP contribution is -2.37. The van der Waals surface area contributed by atoms with Gasteiger partial charge in [-0.15, -0.1) is 0 Å². The first kappa shape index (κ1) is 18.8. The van der Waals surface area contributed by atoms with Crippen LogP contribution in [0.5, 0.6) is 0 Å².